The molecule has 0 saturated heterocycles. The van der Waals surface area contributed by atoms with Gasteiger partial charge in [0.05, 0.1) is 5.39 Å². The Bertz CT molecular complexity index is 767. The third-order valence-corrected chi connectivity index (χ3v) is 3.89. The molecule has 0 amide bonds. The molecule has 3 aromatic rings. The summed E-state index contributed by atoms with van der Waals surface area (Å²) in [6.45, 7) is 4.85. The van der Waals surface area contributed by atoms with Crippen LogP contribution < -0.4 is 5.32 Å². The van der Waals surface area contributed by atoms with Crippen molar-refractivity contribution >= 4 is 27.4 Å². The van der Waals surface area contributed by atoms with Gasteiger partial charge in [0.15, 0.2) is 5.82 Å². The van der Waals surface area contributed by atoms with Crippen LogP contribution in [-0.4, -0.2) is 16.5 Å². The summed E-state index contributed by atoms with van der Waals surface area (Å²) in [6.07, 6.45) is 0. The summed E-state index contributed by atoms with van der Waals surface area (Å²) in [5, 5.41) is 4.27. The van der Waals surface area contributed by atoms with Gasteiger partial charge in [0.1, 0.15) is 16.5 Å². The van der Waals surface area contributed by atoms with Gasteiger partial charge >= 0.3 is 0 Å². The lowest BCUT2D eigenvalue weighted by Crippen LogP contribution is -2.02. The number of rotatable bonds is 3. The minimum Gasteiger partial charge on any atom is -0.370 e. The lowest BCUT2D eigenvalue weighted by molar-refractivity contribution is 0.628. The van der Waals surface area contributed by atoms with Gasteiger partial charge in [-0.15, -0.1) is 11.3 Å². The molecule has 2 aromatic heterocycles. The van der Waals surface area contributed by atoms with Crippen molar-refractivity contribution in [3.05, 3.63) is 41.0 Å². The van der Waals surface area contributed by atoms with Gasteiger partial charge in [-0.1, -0.05) is 12.1 Å². The zero-order valence-corrected chi connectivity index (χ0v) is 12.1. The lowest BCUT2D eigenvalue weighted by atomic mass is 10.2. The summed E-state index contributed by atoms with van der Waals surface area (Å²) in [5.74, 6) is 1.08. The fraction of sp³-hybridized carbons (Fsp3) is 0.200. The van der Waals surface area contributed by atoms with Gasteiger partial charge < -0.3 is 5.32 Å². The summed E-state index contributed by atoms with van der Waals surface area (Å²) >= 11 is 1.62. The predicted molar refractivity (Wildman–Crippen MR) is 81.7 cm³/mol. The lowest BCUT2D eigenvalue weighted by Gasteiger charge is -2.07. The molecule has 0 atom stereocenters. The Hall–Kier alpha value is -2.01. The maximum Gasteiger partial charge on any atom is 0.163 e. The molecule has 1 aromatic carbocycles. The molecule has 0 fully saturated rings. The number of anilines is 1. The number of aryl methyl sites for hydroxylation is 1. The van der Waals surface area contributed by atoms with E-state index in [4.69, 9.17) is 0 Å². The number of nitrogens with one attached hydrogen (secondary N) is 1. The van der Waals surface area contributed by atoms with Crippen molar-refractivity contribution in [1.29, 1.82) is 0 Å². The van der Waals surface area contributed by atoms with Gasteiger partial charge in [0.25, 0.3) is 0 Å². The highest BCUT2D eigenvalue weighted by Gasteiger charge is 2.11. The molecule has 3 nitrogen and oxygen atoms in total. The molecule has 0 aliphatic heterocycles. The van der Waals surface area contributed by atoms with Crippen LogP contribution in [0.4, 0.5) is 10.2 Å². The summed E-state index contributed by atoms with van der Waals surface area (Å²) in [7, 11) is 0. The number of aromatic nitrogens is 2. The average molecular weight is 287 g/mol. The van der Waals surface area contributed by atoms with Crippen molar-refractivity contribution in [2.75, 3.05) is 11.9 Å². The van der Waals surface area contributed by atoms with E-state index in [1.54, 1.807) is 17.4 Å². The topological polar surface area (TPSA) is 37.8 Å². The monoisotopic (exact) mass is 287 g/mol. The summed E-state index contributed by atoms with van der Waals surface area (Å²) in [4.78, 5) is 11.2. The second-order valence-corrected chi connectivity index (χ2v) is 5.75. The number of benzene rings is 1. The van der Waals surface area contributed by atoms with Crippen LogP contribution in [0.5, 0.6) is 0 Å². The fourth-order valence-electron chi connectivity index (χ4n) is 2.10. The highest BCUT2D eigenvalue weighted by atomic mass is 32.1. The number of fused-ring (bicyclic) bond motifs is 1. The van der Waals surface area contributed by atoms with Crippen LogP contribution in [0.1, 0.15) is 11.8 Å². The van der Waals surface area contributed by atoms with E-state index in [1.807, 2.05) is 19.9 Å². The number of nitrogens with zero attached hydrogens (tertiary/aromatic N) is 2. The van der Waals surface area contributed by atoms with Crippen LogP contribution in [0, 0.1) is 12.7 Å². The van der Waals surface area contributed by atoms with Crippen LogP contribution in [0.15, 0.2) is 30.3 Å². The van der Waals surface area contributed by atoms with Crippen molar-refractivity contribution < 1.29 is 4.39 Å². The summed E-state index contributed by atoms with van der Waals surface area (Å²) < 4.78 is 13.4. The third-order valence-electron chi connectivity index (χ3n) is 2.94. The molecule has 3 rings (SSSR count). The number of hydrogen-bond acceptors (Lipinski definition) is 4. The SMILES string of the molecule is CCNc1nc(-c2cccc(F)c2)nc2sc(C)cc12. The summed E-state index contributed by atoms with van der Waals surface area (Å²) in [6, 6.07) is 8.44. The third kappa shape index (κ3) is 2.36. The second kappa shape index (κ2) is 5.17. The second-order valence-electron chi connectivity index (χ2n) is 4.51. The van der Waals surface area contributed by atoms with Crippen LogP contribution in [0.2, 0.25) is 0 Å². The van der Waals surface area contributed by atoms with E-state index >= 15 is 0 Å². The first-order valence-corrected chi connectivity index (χ1v) is 7.27. The Morgan fingerprint density at radius 3 is 2.85 bits per heavy atom. The largest absolute Gasteiger partial charge is 0.370 e. The molecule has 0 spiro atoms. The molecule has 102 valence electrons. The normalized spacial score (nSPS) is 10.9. The van der Waals surface area contributed by atoms with Crippen LogP contribution in [-0.2, 0) is 0 Å². The first-order chi connectivity index (χ1) is 9.67. The maximum absolute atomic E-state index is 13.4. The van der Waals surface area contributed by atoms with E-state index in [9.17, 15) is 4.39 Å². The minimum atomic E-state index is -0.279. The van der Waals surface area contributed by atoms with Gasteiger partial charge in [0, 0.05) is 17.0 Å². The molecule has 0 saturated carbocycles. The summed E-state index contributed by atoms with van der Waals surface area (Å²) in [5.41, 5.74) is 0.692. The predicted octanol–water partition coefficient (Wildman–Crippen LogP) is 4.24. The van der Waals surface area contributed by atoms with Crippen molar-refractivity contribution in [1.82, 2.24) is 9.97 Å². The van der Waals surface area contributed by atoms with Gasteiger partial charge in [-0.2, -0.15) is 0 Å². The molecule has 0 radical (unpaired) electrons. The molecule has 2 heterocycles. The van der Waals surface area contributed by atoms with Crippen molar-refractivity contribution in [2.24, 2.45) is 0 Å². The minimum absolute atomic E-state index is 0.279. The van der Waals surface area contributed by atoms with Crippen molar-refractivity contribution in [3.8, 4) is 11.4 Å². The molecule has 0 aliphatic rings. The standard InChI is InChI=1S/C15H14FN3S/c1-3-17-14-12-7-9(2)20-15(12)19-13(18-14)10-5-4-6-11(16)8-10/h4-8H,3H2,1-2H3,(H,17,18,19). The molecular formula is C15H14FN3S. The molecule has 0 unspecified atom stereocenters. The Balaban J connectivity index is 2.21. The maximum atomic E-state index is 13.4. The van der Waals surface area contributed by atoms with Crippen molar-refractivity contribution in [3.63, 3.8) is 0 Å². The van der Waals surface area contributed by atoms with Crippen LogP contribution in [0.3, 0.4) is 0 Å². The number of halogens is 1. The highest BCUT2D eigenvalue weighted by molar-refractivity contribution is 7.18. The fourth-order valence-corrected chi connectivity index (χ4v) is 2.98. The Labute approximate surface area is 120 Å². The molecule has 5 heteroatoms. The molecule has 20 heavy (non-hydrogen) atoms. The van der Waals surface area contributed by atoms with E-state index in [0.29, 0.717) is 11.4 Å². The van der Waals surface area contributed by atoms with E-state index in [0.717, 1.165) is 22.6 Å². The van der Waals surface area contributed by atoms with E-state index in [1.165, 1.54) is 17.0 Å². The quantitative estimate of drug-likeness (QED) is 0.783. The Morgan fingerprint density at radius 1 is 1.25 bits per heavy atom. The molecule has 1 N–H and O–H groups in total. The van der Waals surface area contributed by atoms with Crippen LogP contribution in [0.25, 0.3) is 21.6 Å². The average Bonchev–Trinajstić information content (AvgIpc) is 2.79. The van der Waals surface area contributed by atoms with Crippen LogP contribution >= 0.6 is 11.3 Å². The smallest absolute Gasteiger partial charge is 0.163 e. The van der Waals surface area contributed by atoms with E-state index in [-0.39, 0.29) is 5.82 Å². The zero-order valence-electron chi connectivity index (χ0n) is 11.3. The number of thiophene rings is 1. The van der Waals surface area contributed by atoms with Gasteiger partial charge in [-0.25, -0.2) is 14.4 Å². The Kier molecular flexibility index (Phi) is 3.36. The molecule has 0 bridgehead atoms. The molecule has 0 aliphatic carbocycles. The van der Waals surface area contributed by atoms with Gasteiger partial charge in [0.2, 0.25) is 0 Å². The zero-order chi connectivity index (χ0) is 14.1. The van der Waals surface area contributed by atoms with Gasteiger partial charge in [-0.05, 0) is 32.0 Å². The van der Waals surface area contributed by atoms with E-state index < -0.39 is 0 Å². The highest BCUT2D eigenvalue weighted by Crippen LogP contribution is 2.31. The number of hydrogen-bond donors (Lipinski definition) is 1. The van der Waals surface area contributed by atoms with Gasteiger partial charge in [-0.3, -0.25) is 0 Å². The first kappa shape index (κ1) is 13.0. The molecular weight excluding hydrogens is 273 g/mol. The van der Waals surface area contributed by atoms with Crippen molar-refractivity contribution in [2.45, 2.75) is 13.8 Å². The first-order valence-electron chi connectivity index (χ1n) is 6.45. The Morgan fingerprint density at radius 2 is 2.10 bits per heavy atom. The van der Waals surface area contributed by atoms with E-state index in [2.05, 4.69) is 21.4 Å².